The number of imidazole rings is 1. The molecule has 29 heavy (non-hydrogen) atoms. The smallest absolute Gasteiger partial charge is 0.288 e. The SMILES string of the molecule is Cc1cccn2cc(-c3ccc(NC(=O)c4ccccc4SC(F)F)cc3)nc12. The zero-order chi connectivity index (χ0) is 20.4. The quantitative estimate of drug-likeness (QED) is 0.419. The van der Waals surface area contributed by atoms with Crippen LogP contribution in [0.1, 0.15) is 15.9 Å². The third kappa shape index (κ3) is 4.14. The first-order valence-electron chi connectivity index (χ1n) is 8.91. The van der Waals surface area contributed by atoms with Crippen LogP contribution in [0, 0.1) is 6.92 Å². The number of thioether (sulfide) groups is 1. The number of anilines is 1. The molecule has 0 unspecified atom stereocenters. The monoisotopic (exact) mass is 409 g/mol. The summed E-state index contributed by atoms with van der Waals surface area (Å²) in [5, 5.41) is 2.76. The van der Waals surface area contributed by atoms with Crippen LogP contribution in [0.3, 0.4) is 0 Å². The minimum Gasteiger partial charge on any atom is -0.322 e. The number of fused-ring (bicyclic) bond motifs is 1. The van der Waals surface area contributed by atoms with Crippen molar-refractivity contribution in [3.63, 3.8) is 0 Å². The van der Waals surface area contributed by atoms with Crippen LogP contribution in [-0.4, -0.2) is 21.0 Å². The maximum Gasteiger partial charge on any atom is 0.288 e. The fraction of sp³-hybridized carbons (Fsp3) is 0.0909. The number of alkyl halides is 2. The number of nitrogens with one attached hydrogen (secondary N) is 1. The van der Waals surface area contributed by atoms with Crippen LogP contribution < -0.4 is 5.32 Å². The number of rotatable bonds is 5. The van der Waals surface area contributed by atoms with Gasteiger partial charge in [0.1, 0.15) is 5.65 Å². The van der Waals surface area contributed by atoms with Gasteiger partial charge in [0, 0.05) is 28.5 Å². The van der Waals surface area contributed by atoms with E-state index in [-0.39, 0.29) is 10.5 Å². The lowest BCUT2D eigenvalue weighted by molar-refractivity contribution is 0.102. The van der Waals surface area contributed by atoms with Gasteiger partial charge in [-0.3, -0.25) is 4.79 Å². The zero-order valence-electron chi connectivity index (χ0n) is 15.5. The van der Waals surface area contributed by atoms with E-state index in [1.807, 2.05) is 48.0 Å². The van der Waals surface area contributed by atoms with E-state index in [0.717, 1.165) is 22.5 Å². The fourth-order valence-electron chi connectivity index (χ4n) is 3.07. The Morgan fingerprint density at radius 1 is 1.07 bits per heavy atom. The van der Waals surface area contributed by atoms with Crippen molar-refractivity contribution < 1.29 is 13.6 Å². The Balaban J connectivity index is 1.54. The number of aromatic nitrogens is 2. The van der Waals surface area contributed by atoms with Gasteiger partial charge in [-0.15, -0.1) is 0 Å². The van der Waals surface area contributed by atoms with Gasteiger partial charge < -0.3 is 9.72 Å². The summed E-state index contributed by atoms with van der Waals surface area (Å²) < 4.78 is 27.4. The molecule has 0 bridgehead atoms. The topological polar surface area (TPSA) is 46.4 Å². The largest absolute Gasteiger partial charge is 0.322 e. The van der Waals surface area contributed by atoms with Crippen LogP contribution >= 0.6 is 11.8 Å². The number of carbonyl (C=O) groups is 1. The third-order valence-electron chi connectivity index (χ3n) is 4.46. The van der Waals surface area contributed by atoms with Crippen molar-refractivity contribution >= 4 is 29.0 Å². The molecule has 0 atom stereocenters. The van der Waals surface area contributed by atoms with Gasteiger partial charge in [-0.2, -0.15) is 8.78 Å². The Morgan fingerprint density at radius 2 is 1.83 bits per heavy atom. The normalized spacial score (nSPS) is 11.2. The zero-order valence-corrected chi connectivity index (χ0v) is 16.3. The van der Waals surface area contributed by atoms with E-state index in [1.165, 1.54) is 12.1 Å². The standard InChI is InChI=1S/C22H17F2N3OS/c1-14-5-4-12-27-13-18(26-20(14)27)15-8-10-16(11-9-15)25-21(28)17-6-2-3-7-19(17)29-22(23)24/h2-13,22H,1H3,(H,25,28). The number of carbonyl (C=O) groups excluding carboxylic acids is 1. The molecule has 4 aromatic rings. The van der Waals surface area contributed by atoms with E-state index in [1.54, 1.807) is 24.3 Å². The van der Waals surface area contributed by atoms with Gasteiger partial charge in [0.25, 0.3) is 11.7 Å². The molecule has 2 aromatic carbocycles. The number of nitrogens with zero attached hydrogens (tertiary/aromatic N) is 2. The second-order valence-electron chi connectivity index (χ2n) is 6.45. The minimum atomic E-state index is -2.59. The van der Waals surface area contributed by atoms with Crippen LogP contribution in [0.2, 0.25) is 0 Å². The molecule has 0 saturated heterocycles. The number of pyridine rings is 1. The number of amides is 1. The van der Waals surface area contributed by atoms with Gasteiger partial charge in [-0.1, -0.05) is 42.1 Å². The highest BCUT2D eigenvalue weighted by Crippen LogP contribution is 2.29. The lowest BCUT2D eigenvalue weighted by Crippen LogP contribution is -2.13. The molecule has 2 aromatic heterocycles. The summed E-state index contributed by atoms with van der Waals surface area (Å²) in [5.41, 5.74) is 4.53. The van der Waals surface area contributed by atoms with Crippen molar-refractivity contribution in [2.24, 2.45) is 0 Å². The summed E-state index contributed by atoms with van der Waals surface area (Å²) in [5.74, 6) is -3.01. The fourth-order valence-corrected chi connectivity index (χ4v) is 3.71. The van der Waals surface area contributed by atoms with E-state index in [2.05, 4.69) is 10.3 Å². The number of halogens is 2. The van der Waals surface area contributed by atoms with Crippen molar-refractivity contribution in [1.29, 1.82) is 0 Å². The Labute approximate surface area is 170 Å². The molecule has 0 spiro atoms. The van der Waals surface area contributed by atoms with Crippen LogP contribution in [0.5, 0.6) is 0 Å². The van der Waals surface area contributed by atoms with Crippen molar-refractivity contribution in [2.45, 2.75) is 17.6 Å². The van der Waals surface area contributed by atoms with Crippen molar-refractivity contribution in [2.75, 3.05) is 5.32 Å². The van der Waals surface area contributed by atoms with Gasteiger partial charge in [0.2, 0.25) is 0 Å². The summed E-state index contributed by atoms with van der Waals surface area (Å²) in [6.45, 7) is 2.01. The van der Waals surface area contributed by atoms with E-state index >= 15 is 0 Å². The first-order valence-corrected chi connectivity index (χ1v) is 9.79. The highest BCUT2D eigenvalue weighted by molar-refractivity contribution is 7.99. The minimum absolute atomic E-state index is 0.220. The van der Waals surface area contributed by atoms with E-state index in [0.29, 0.717) is 17.4 Å². The molecular weight excluding hydrogens is 392 g/mol. The second kappa shape index (κ2) is 8.05. The molecule has 2 heterocycles. The molecule has 0 aliphatic heterocycles. The summed E-state index contributed by atoms with van der Waals surface area (Å²) in [6.07, 6.45) is 3.90. The first kappa shape index (κ1) is 19.1. The molecule has 0 aliphatic carbocycles. The number of hydrogen-bond donors (Lipinski definition) is 1. The Kier molecular flexibility index (Phi) is 5.31. The Hall–Kier alpha value is -3.19. The molecule has 0 radical (unpaired) electrons. The Morgan fingerprint density at radius 3 is 2.55 bits per heavy atom. The summed E-state index contributed by atoms with van der Waals surface area (Å²) in [6, 6.07) is 17.6. The molecule has 0 fully saturated rings. The molecule has 1 N–H and O–H groups in total. The molecule has 0 aliphatic rings. The van der Waals surface area contributed by atoms with Crippen molar-refractivity contribution in [3.05, 3.63) is 84.2 Å². The predicted octanol–water partition coefficient (Wildman–Crippen LogP) is 5.88. The molecule has 0 saturated carbocycles. The molecule has 4 rings (SSSR count). The second-order valence-corrected chi connectivity index (χ2v) is 7.49. The maximum atomic E-state index is 12.7. The third-order valence-corrected chi connectivity index (χ3v) is 5.25. The van der Waals surface area contributed by atoms with Crippen LogP contribution in [0.25, 0.3) is 16.9 Å². The average molecular weight is 409 g/mol. The molecule has 7 heteroatoms. The van der Waals surface area contributed by atoms with E-state index < -0.39 is 11.7 Å². The lowest BCUT2D eigenvalue weighted by atomic mass is 10.1. The number of aryl methyl sites for hydroxylation is 1. The van der Waals surface area contributed by atoms with Crippen LogP contribution in [0.15, 0.2) is 78.0 Å². The highest BCUT2D eigenvalue weighted by Gasteiger charge is 2.15. The first-order chi connectivity index (χ1) is 14.0. The van der Waals surface area contributed by atoms with Gasteiger partial charge in [-0.25, -0.2) is 4.98 Å². The van der Waals surface area contributed by atoms with E-state index in [4.69, 9.17) is 0 Å². The Bertz CT molecular complexity index is 1170. The van der Waals surface area contributed by atoms with Gasteiger partial charge in [0.15, 0.2) is 0 Å². The van der Waals surface area contributed by atoms with E-state index in [9.17, 15) is 13.6 Å². The predicted molar refractivity (Wildman–Crippen MR) is 112 cm³/mol. The summed E-state index contributed by atoms with van der Waals surface area (Å²) >= 11 is 0.362. The lowest BCUT2D eigenvalue weighted by Gasteiger charge is -2.10. The number of benzene rings is 2. The number of hydrogen-bond acceptors (Lipinski definition) is 3. The van der Waals surface area contributed by atoms with Crippen molar-refractivity contribution in [3.8, 4) is 11.3 Å². The summed E-state index contributed by atoms with van der Waals surface area (Å²) in [7, 11) is 0. The molecule has 1 amide bonds. The highest BCUT2D eigenvalue weighted by atomic mass is 32.2. The van der Waals surface area contributed by atoms with Gasteiger partial charge in [-0.05, 0) is 42.8 Å². The molecule has 4 nitrogen and oxygen atoms in total. The van der Waals surface area contributed by atoms with Crippen LogP contribution in [-0.2, 0) is 0 Å². The van der Waals surface area contributed by atoms with Crippen LogP contribution in [0.4, 0.5) is 14.5 Å². The summed E-state index contributed by atoms with van der Waals surface area (Å²) in [4.78, 5) is 17.4. The maximum absolute atomic E-state index is 12.7. The molecular formula is C22H17F2N3OS. The van der Waals surface area contributed by atoms with Gasteiger partial charge in [0.05, 0.1) is 11.3 Å². The van der Waals surface area contributed by atoms with Crippen molar-refractivity contribution in [1.82, 2.24) is 9.38 Å². The molecule has 146 valence electrons. The van der Waals surface area contributed by atoms with Gasteiger partial charge >= 0.3 is 0 Å². The average Bonchev–Trinajstić information content (AvgIpc) is 3.14.